The number of pyridine rings is 1. The number of carbonyl (C=O) groups is 1. The van der Waals surface area contributed by atoms with Crippen molar-refractivity contribution in [3.8, 4) is 0 Å². The second kappa shape index (κ2) is 11.6. The number of fused-ring (bicyclic) bond motifs is 4. The highest BCUT2D eigenvalue weighted by Crippen LogP contribution is 2.38. The summed E-state index contributed by atoms with van der Waals surface area (Å²) in [5.74, 6) is 0.886. The Morgan fingerprint density at radius 1 is 1.12 bits per heavy atom. The minimum Gasteiger partial charge on any atom is -0.341 e. The summed E-state index contributed by atoms with van der Waals surface area (Å²) in [5.41, 5.74) is 4.42. The van der Waals surface area contributed by atoms with Gasteiger partial charge in [-0.2, -0.15) is 0 Å². The molecule has 6 rings (SSSR count). The summed E-state index contributed by atoms with van der Waals surface area (Å²) in [5, 5.41) is 5.78. The fourth-order valence-corrected chi connectivity index (χ4v) is 6.52. The SMILES string of the molecule is CCN(CC)C/C=C/C(=O)N1CCc2c(sc3ncnc(Nc4ccc5c(ccn5Cc5ccccn5)c4)c23)C1. The highest BCUT2D eigenvalue weighted by Gasteiger charge is 2.25. The quantitative estimate of drug-likeness (QED) is 0.240. The molecule has 40 heavy (non-hydrogen) atoms. The fraction of sp³-hybridized carbons (Fsp3) is 0.290. The van der Waals surface area contributed by atoms with E-state index in [2.05, 4.69) is 74.0 Å². The van der Waals surface area contributed by atoms with Crippen LogP contribution in [0.25, 0.3) is 21.1 Å². The molecular weight excluding hydrogens is 518 g/mol. The second-order valence-corrected chi connectivity index (χ2v) is 11.1. The van der Waals surface area contributed by atoms with Gasteiger partial charge in [0.15, 0.2) is 0 Å². The van der Waals surface area contributed by atoms with E-state index in [0.717, 1.165) is 70.9 Å². The third kappa shape index (κ3) is 5.35. The minimum absolute atomic E-state index is 0.0722. The highest BCUT2D eigenvalue weighted by atomic mass is 32.1. The summed E-state index contributed by atoms with van der Waals surface area (Å²) < 4.78 is 2.21. The van der Waals surface area contributed by atoms with Gasteiger partial charge >= 0.3 is 0 Å². The van der Waals surface area contributed by atoms with Gasteiger partial charge in [-0.3, -0.25) is 9.78 Å². The lowest BCUT2D eigenvalue weighted by Gasteiger charge is -2.26. The molecule has 1 aliphatic rings. The van der Waals surface area contributed by atoms with Gasteiger partial charge in [0, 0.05) is 53.0 Å². The van der Waals surface area contributed by atoms with Crippen molar-refractivity contribution in [2.45, 2.75) is 33.4 Å². The Morgan fingerprint density at radius 2 is 2.02 bits per heavy atom. The molecular formula is C31H33N7OS. The Kier molecular flexibility index (Phi) is 7.57. The molecule has 5 aromatic rings. The molecule has 0 fully saturated rings. The first-order valence-corrected chi connectivity index (χ1v) is 14.6. The van der Waals surface area contributed by atoms with Gasteiger partial charge in [-0.1, -0.05) is 26.0 Å². The number of amides is 1. The zero-order chi connectivity index (χ0) is 27.5. The van der Waals surface area contributed by atoms with Crippen LogP contribution in [-0.4, -0.2) is 61.4 Å². The number of aromatic nitrogens is 4. The molecule has 8 nitrogen and oxygen atoms in total. The lowest BCUT2D eigenvalue weighted by atomic mass is 10.0. The molecule has 1 aromatic carbocycles. The molecule has 1 N–H and O–H groups in total. The first-order valence-electron chi connectivity index (χ1n) is 13.8. The molecule has 0 saturated carbocycles. The van der Waals surface area contributed by atoms with Crippen molar-refractivity contribution >= 4 is 49.9 Å². The average Bonchev–Trinajstić information content (AvgIpc) is 3.56. The molecule has 204 valence electrons. The van der Waals surface area contributed by atoms with Gasteiger partial charge in [0.1, 0.15) is 17.0 Å². The number of carbonyl (C=O) groups excluding carboxylic acids is 1. The van der Waals surface area contributed by atoms with E-state index in [1.54, 1.807) is 23.7 Å². The van der Waals surface area contributed by atoms with Crippen LogP contribution in [0.4, 0.5) is 11.5 Å². The van der Waals surface area contributed by atoms with E-state index in [1.165, 1.54) is 10.4 Å². The number of benzene rings is 1. The third-order valence-electron chi connectivity index (χ3n) is 7.56. The summed E-state index contributed by atoms with van der Waals surface area (Å²) in [7, 11) is 0. The van der Waals surface area contributed by atoms with Crippen LogP contribution < -0.4 is 5.32 Å². The van der Waals surface area contributed by atoms with Crippen LogP contribution in [0.1, 0.15) is 30.0 Å². The Labute approximate surface area is 238 Å². The minimum atomic E-state index is 0.0722. The third-order valence-corrected chi connectivity index (χ3v) is 8.68. The molecule has 5 heterocycles. The number of likely N-dealkylation sites (N-methyl/N-ethyl adjacent to an activating group) is 1. The van der Waals surface area contributed by atoms with E-state index in [9.17, 15) is 4.79 Å². The van der Waals surface area contributed by atoms with Gasteiger partial charge in [-0.05, 0) is 61.5 Å². The average molecular weight is 552 g/mol. The first kappa shape index (κ1) is 26.2. The summed E-state index contributed by atoms with van der Waals surface area (Å²) in [6.45, 7) is 9.07. The molecule has 0 unspecified atom stereocenters. The summed E-state index contributed by atoms with van der Waals surface area (Å²) in [6.07, 6.45) is 10.1. The smallest absolute Gasteiger partial charge is 0.246 e. The van der Waals surface area contributed by atoms with Gasteiger partial charge in [0.05, 0.1) is 24.2 Å². The summed E-state index contributed by atoms with van der Waals surface area (Å²) in [6, 6.07) is 14.5. The van der Waals surface area contributed by atoms with Gasteiger partial charge < -0.3 is 19.7 Å². The standard InChI is InChI=1S/C31H33N7OS/c1-3-36(4-2)15-7-9-28(39)38-17-13-25-27(20-38)40-31-29(25)30(33-21-34-31)35-23-10-11-26-22(18-23)12-16-37(26)19-24-8-5-6-14-32-24/h5-12,14,16,18,21H,3-4,13,15,17,19-20H2,1-2H3,(H,33,34,35)/b9-7+. The molecule has 0 spiro atoms. The maximum absolute atomic E-state index is 12.9. The lowest BCUT2D eigenvalue weighted by molar-refractivity contribution is -0.126. The molecule has 1 amide bonds. The van der Waals surface area contributed by atoms with Crippen molar-refractivity contribution in [1.82, 2.24) is 29.3 Å². The maximum atomic E-state index is 12.9. The normalized spacial score (nSPS) is 13.5. The predicted molar refractivity (Wildman–Crippen MR) is 162 cm³/mol. The maximum Gasteiger partial charge on any atom is 0.246 e. The number of anilines is 2. The Balaban J connectivity index is 1.20. The molecule has 0 saturated heterocycles. The molecule has 4 aromatic heterocycles. The van der Waals surface area contributed by atoms with Crippen molar-refractivity contribution in [3.05, 3.63) is 89.5 Å². The number of hydrogen-bond donors (Lipinski definition) is 1. The van der Waals surface area contributed by atoms with Crippen molar-refractivity contribution < 1.29 is 4.79 Å². The van der Waals surface area contributed by atoms with Gasteiger partial charge in [0.2, 0.25) is 5.91 Å². The van der Waals surface area contributed by atoms with Crippen LogP contribution in [0.15, 0.2) is 73.3 Å². The van der Waals surface area contributed by atoms with Crippen molar-refractivity contribution in [2.75, 3.05) is 31.5 Å². The van der Waals surface area contributed by atoms with Gasteiger partial charge in [0.25, 0.3) is 0 Å². The van der Waals surface area contributed by atoms with Crippen LogP contribution in [0.2, 0.25) is 0 Å². The van der Waals surface area contributed by atoms with Crippen LogP contribution in [0.5, 0.6) is 0 Å². The van der Waals surface area contributed by atoms with Crippen molar-refractivity contribution in [3.63, 3.8) is 0 Å². The van der Waals surface area contributed by atoms with Crippen LogP contribution in [0, 0.1) is 0 Å². The zero-order valence-electron chi connectivity index (χ0n) is 22.9. The topological polar surface area (TPSA) is 79.2 Å². The van der Waals surface area contributed by atoms with Crippen LogP contribution in [-0.2, 0) is 24.3 Å². The monoisotopic (exact) mass is 551 g/mol. The van der Waals surface area contributed by atoms with E-state index in [-0.39, 0.29) is 5.91 Å². The Morgan fingerprint density at radius 3 is 2.85 bits per heavy atom. The molecule has 0 bridgehead atoms. The summed E-state index contributed by atoms with van der Waals surface area (Å²) >= 11 is 1.66. The van der Waals surface area contributed by atoms with E-state index in [0.29, 0.717) is 13.1 Å². The largest absolute Gasteiger partial charge is 0.341 e. The number of rotatable bonds is 9. The zero-order valence-corrected chi connectivity index (χ0v) is 23.7. The molecule has 0 atom stereocenters. The van der Waals surface area contributed by atoms with Gasteiger partial charge in [-0.25, -0.2) is 9.97 Å². The molecule has 9 heteroatoms. The predicted octanol–water partition coefficient (Wildman–Crippen LogP) is 5.62. The summed E-state index contributed by atoms with van der Waals surface area (Å²) in [4.78, 5) is 32.9. The van der Waals surface area contributed by atoms with E-state index in [1.807, 2.05) is 35.4 Å². The highest BCUT2D eigenvalue weighted by molar-refractivity contribution is 7.19. The van der Waals surface area contributed by atoms with Crippen LogP contribution >= 0.6 is 11.3 Å². The van der Waals surface area contributed by atoms with E-state index >= 15 is 0 Å². The molecule has 1 aliphatic heterocycles. The van der Waals surface area contributed by atoms with Crippen molar-refractivity contribution in [2.24, 2.45) is 0 Å². The number of hydrogen-bond acceptors (Lipinski definition) is 7. The molecule has 0 radical (unpaired) electrons. The Hall–Kier alpha value is -4.08. The van der Waals surface area contributed by atoms with Crippen molar-refractivity contribution in [1.29, 1.82) is 0 Å². The number of nitrogens with one attached hydrogen (secondary N) is 1. The lowest BCUT2D eigenvalue weighted by Crippen LogP contribution is -2.34. The number of nitrogens with zero attached hydrogens (tertiary/aromatic N) is 6. The second-order valence-electron chi connectivity index (χ2n) is 9.97. The van der Waals surface area contributed by atoms with E-state index < -0.39 is 0 Å². The number of thiophene rings is 1. The Bertz CT molecular complexity index is 1670. The van der Waals surface area contributed by atoms with Gasteiger partial charge in [-0.15, -0.1) is 11.3 Å². The molecule has 0 aliphatic carbocycles. The first-order chi connectivity index (χ1) is 19.6. The van der Waals surface area contributed by atoms with E-state index in [4.69, 9.17) is 0 Å². The fourth-order valence-electron chi connectivity index (χ4n) is 5.32. The van der Waals surface area contributed by atoms with Crippen LogP contribution in [0.3, 0.4) is 0 Å².